The number of pyridine rings is 1. The van der Waals surface area contributed by atoms with Gasteiger partial charge in [-0.1, -0.05) is 6.07 Å². The zero-order valence-corrected chi connectivity index (χ0v) is 18.2. The number of halogens is 2. The van der Waals surface area contributed by atoms with Gasteiger partial charge < -0.3 is 25.6 Å². The predicted molar refractivity (Wildman–Crippen MR) is 116 cm³/mol. The molecule has 1 aliphatic carbocycles. The molecular formula is C23H27F2N3O5. The molecule has 1 aromatic heterocycles. The Balaban J connectivity index is 0.000000189. The highest BCUT2D eigenvalue weighted by Crippen LogP contribution is 2.29. The van der Waals surface area contributed by atoms with Crippen molar-refractivity contribution in [3.63, 3.8) is 0 Å². The van der Waals surface area contributed by atoms with E-state index in [9.17, 15) is 23.5 Å². The second-order valence-electron chi connectivity index (χ2n) is 8.06. The van der Waals surface area contributed by atoms with Gasteiger partial charge in [0.05, 0.1) is 18.8 Å². The van der Waals surface area contributed by atoms with Crippen molar-refractivity contribution in [1.82, 2.24) is 4.98 Å². The number of rotatable bonds is 6. The third-order valence-electron chi connectivity index (χ3n) is 5.55. The minimum Gasteiger partial charge on any atom is -0.490 e. The van der Waals surface area contributed by atoms with Crippen LogP contribution in [-0.2, 0) is 9.53 Å². The quantitative estimate of drug-likeness (QED) is 0.605. The smallest absolute Gasteiger partial charge is 0.267 e. The Labute approximate surface area is 190 Å². The zero-order valence-electron chi connectivity index (χ0n) is 18.2. The normalized spacial score (nSPS) is 23.6. The summed E-state index contributed by atoms with van der Waals surface area (Å²) >= 11 is 0. The summed E-state index contributed by atoms with van der Waals surface area (Å²) < 4.78 is 36.5. The lowest BCUT2D eigenvalue weighted by molar-refractivity contribution is -0.126. The second-order valence-corrected chi connectivity index (χ2v) is 8.06. The lowest BCUT2D eigenvalue weighted by Crippen LogP contribution is -2.35. The molecule has 8 nitrogen and oxygen atoms in total. The van der Waals surface area contributed by atoms with Gasteiger partial charge in [0, 0.05) is 17.8 Å². The summed E-state index contributed by atoms with van der Waals surface area (Å²) in [5.74, 6) is -2.76. The van der Waals surface area contributed by atoms with E-state index in [2.05, 4.69) is 10.3 Å². The van der Waals surface area contributed by atoms with E-state index in [4.69, 9.17) is 15.2 Å². The zero-order chi connectivity index (χ0) is 24.0. The molecule has 2 heterocycles. The fraction of sp³-hybridized carbons (Fsp3) is 0.435. The number of primary amides is 1. The van der Waals surface area contributed by atoms with Gasteiger partial charge in [0.1, 0.15) is 11.8 Å². The summed E-state index contributed by atoms with van der Waals surface area (Å²) in [6.45, 7) is 2.17. The molecule has 10 heteroatoms. The molecule has 4 rings (SSSR count). The van der Waals surface area contributed by atoms with Crippen LogP contribution >= 0.6 is 0 Å². The lowest BCUT2D eigenvalue weighted by atomic mass is 9.83. The Hall–Kier alpha value is -3.11. The molecule has 0 spiro atoms. The minimum absolute atomic E-state index is 0.0488. The molecule has 4 N–H and O–H groups in total. The number of hydrogen-bond donors (Lipinski definition) is 3. The number of hydrogen-bond acceptors (Lipinski definition) is 6. The SMILES string of the molecule is CC1CCC(C(=O)Nc2ccnc(C(N)=O)c2)O1.OC1CCC1COc1cccc(F)c1F. The van der Waals surface area contributed by atoms with Crippen LogP contribution in [0.4, 0.5) is 14.5 Å². The van der Waals surface area contributed by atoms with Gasteiger partial charge in [0.15, 0.2) is 11.6 Å². The van der Waals surface area contributed by atoms with Gasteiger partial charge in [-0.05, 0) is 56.9 Å². The maximum Gasteiger partial charge on any atom is 0.267 e. The van der Waals surface area contributed by atoms with Crippen LogP contribution in [0.2, 0.25) is 0 Å². The van der Waals surface area contributed by atoms with E-state index < -0.39 is 23.6 Å². The Bertz CT molecular complexity index is 990. The molecule has 1 aromatic carbocycles. The monoisotopic (exact) mass is 463 g/mol. The molecular weight excluding hydrogens is 436 g/mol. The highest BCUT2D eigenvalue weighted by atomic mass is 19.2. The van der Waals surface area contributed by atoms with Crippen LogP contribution in [0.15, 0.2) is 36.5 Å². The fourth-order valence-corrected chi connectivity index (χ4v) is 3.40. The second kappa shape index (κ2) is 11.2. The Morgan fingerprint density at radius 1 is 1.24 bits per heavy atom. The molecule has 1 saturated carbocycles. The van der Waals surface area contributed by atoms with Gasteiger partial charge in [-0.15, -0.1) is 0 Å². The number of aromatic nitrogens is 1. The van der Waals surface area contributed by atoms with E-state index in [1.54, 1.807) is 6.07 Å². The highest BCUT2D eigenvalue weighted by molar-refractivity contribution is 5.96. The first-order valence-electron chi connectivity index (χ1n) is 10.7. The van der Waals surface area contributed by atoms with Crippen LogP contribution in [0, 0.1) is 17.6 Å². The molecule has 1 aliphatic heterocycles. The summed E-state index contributed by atoms with van der Waals surface area (Å²) in [5, 5.41) is 11.9. The molecule has 178 valence electrons. The van der Waals surface area contributed by atoms with Crippen LogP contribution in [0.1, 0.15) is 43.1 Å². The van der Waals surface area contributed by atoms with Crippen molar-refractivity contribution in [3.8, 4) is 5.75 Å². The number of carbonyl (C=O) groups excluding carboxylic acids is 2. The van der Waals surface area contributed by atoms with Gasteiger partial charge in [-0.2, -0.15) is 4.39 Å². The first kappa shape index (κ1) is 24.5. The van der Waals surface area contributed by atoms with Gasteiger partial charge in [0.25, 0.3) is 11.8 Å². The van der Waals surface area contributed by atoms with Gasteiger partial charge in [0.2, 0.25) is 5.82 Å². The topological polar surface area (TPSA) is 124 Å². The Morgan fingerprint density at radius 2 is 2.03 bits per heavy atom. The molecule has 4 unspecified atom stereocenters. The maximum atomic E-state index is 13.1. The number of aliphatic hydroxyl groups is 1. The predicted octanol–water partition coefficient (Wildman–Crippen LogP) is 2.80. The average Bonchev–Trinajstić information content (AvgIpc) is 3.23. The Morgan fingerprint density at radius 3 is 2.64 bits per heavy atom. The summed E-state index contributed by atoms with van der Waals surface area (Å²) in [5.41, 5.74) is 5.73. The summed E-state index contributed by atoms with van der Waals surface area (Å²) in [6.07, 6.45) is 3.97. The number of anilines is 1. The van der Waals surface area contributed by atoms with Crippen molar-refractivity contribution in [3.05, 3.63) is 53.9 Å². The van der Waals surface area contributed by atoms with E-state index in [1.165, 1.54) is 24.4 Å². The molecule has 2 fully saturated rings. The van der Waals surface area contributed by atoms with Crippen LogP contribution in [0.3, 0.4) is 0 Å². The fourth-order valence-electron chi connectivity index (χ4n) is 3.40. The van der Waals surface area contributed by atoms with E-state index in [1.807, 2.05) is 6.92 Å². The van der Waals surface area contributed by atoms with Crippen LogP contribution < -0.4 is 15.8 Å². The Kier molecular flexibility index (Phi) is 8.29. The van der Waals surface area contributed by atoms with Crippen molar-refractivity contribution in [2.45, 2.75) is 50.9 Å². The number of nitrogens with zero attached hydrogens (tertiary/aromatic N) is 1. The average molecular weight is 463 g/mol. The highest BCUT2D eigenvalue weighted by Gasteiger charge is 2.30. The van der Waals surface area contributed by atoms with Crippen molar-refractivity contribution >= 4 is 17.5 Å². The third kappa shape index (κ3) is 6.69. The number of aliphatic hydroxyl groups excluding tert-OH is 1. The first-order valence-corrected chi connectivity index (χ1v) is 10.7. The third-order valence-corrected chi connectivity index (χ3v) is 5.55. The largest absolute Gasteiger partial charge is 0.490 e. The summed E-state index contributed by atoms with van der Waals surface area (Å²) in [4.78, 5) is 26.6. The van der Waals surface area contributed by atoms with Crippen molar-refractivity contribution in [2.24, 2.45) is 11.7 Å². The van der Waals surface area contributed by atoms with Crippen LogP contribution in [-0.4, -0.2) is 46.8 Å². The van der Waals surface area contributed by atoms with E-state index >= 15 is 0 Å². The van der Waals surface area contributed by atoms with E-state index in [-0.39, 0.29) is 42.1 Å². The molecule has 2 aromatic rings. The lowest BCUT2D eigenvalue weighted by Gasteiger charge is -2.31. The van der Waals surface area contributed by atoms with E-state index in [0.29, 0.717) is 12.1 Å². The van der Waals surface area contributed by atoms with Gasteiger partial charge in [-0.25, -0.2) is 4.39 Å². The van der Waals surface area contributed by atoms with Gasteiger partial charge >= 0.3 is 0 Å². The molecule has 33 heavy (non-hydrogen) atoms. The standard InChI is InChI=1S/C12H15N3O3.C11H12F2O2/c1-7-2-3-10(18-7)12(17)15-8-4-5-14-9(6-8)11(13)16;12-8-2-1-3-10(11(8)13)15-6-7-4-5-9(7)14/h4-7,10H,2-3H2,1H3,(H2,13,16)(H,14,15,17);1-3,7,9,14H,4-6H2. The van der Waals surface area contributed by atoms with E-state index in [0.717, 1.165) is 25.3 Å². The maximum absolute atomic E-state index is 13.1. The van der Waals surface area contributed by atoms with Crippen molar-refractivity contribution in [1.29, 1.82) is 0 Å². The molecule has 2 amide bonds. The first-order chi connectivity index (χ1) is 15.7. The molecule has 0 bridgehead atoms. The van der Waals surface area contributed by atoms with Gasteiger partial charge in [-0.3, -0.25) is 14.6 Å². The molecule has 0 radical (unpaired) electrons. The molecule has 2 aliphatic rings. The number of carbonyl (C=O) groups is 2. The number of amides is 2. The van der Waals surface area contributed by atoms with Crippen LogP contribution in [0.5, 0.6) is 5.75 Å². The minimum atomic E-state index is -0.966. The van der Waals surface area contributed by atoms with Crippen molar-refractivity contribution < 1.29 is 33.0 Å². The summed E-state index contributed by atoms with van der Waals surface area (Å²) in [6, 6.07) is 6.86. The number of ether oxygens (including phenoxy) is 2. The number of nitrogens with one attached hydrogen (secondary N) is 1. The number of nitrogens with two attached hydrogens (primary N) is 1. The summed E-state index contributed by atoms with van der Waals surface area (Å²) in [7, 11) is 0. The molecule has 4 atom stereocenters. The number of benzene rings is 1. The molecule has 1 saturated heterocycles. The van der Waals surface area contributed by atoms with Crippen LogP contribution in [0.25, 0.3) is 0 Å². The van der Waals surface area contributed by atoms with Crippen molar-refractivity contribution in [2.75, 3.05) is 11.9 Å².